The molecule has 2 amide bonds. The molecular formula is C15H17ClN2OS. The van der Waals surface area contributed by atoms with Crippen molar-refractivity contribution in [2.45, 2.75) is 26.8 Å². The van der Waals surface area contributed by atoms with Crippen LogP contribution in [0.2, 0.25) is 4.34 Å². The lowest BCUT2D eigenvalue weighted by atomic mass is 10.1. The van der Waals surface area contributed by atoms with Gasteiger partial charge in [-0.3, -0.25) is 0 Å². The number of urea groups is 1. The molecule has 2 rings (SSSR count). The van der Waals surface area contributed by atoms with E-state index in [9.17, 15) is 4.79 Å². The van der Waals surface area contributed by atoms with Crippen molar-refractivity contribution in [3.8, 4) is 0 Å². The van der Waals surface area contributed by atoms with Crippen LogP contribution in [-0.4, -0.2) is 6.03 Å². The summed E-state index contributed by atoms with van der Waals surface area (Å²) in [6, 6.07) is 9.33. The quantitative estimate of drug-likeness (QED) is 0.832. The molecule has 106 valence electrons. The summed E-state index contributed by atoms with van der Waals surface area (Å²) >= 11 is 7.37. The molecule has 0 spiro atoms. The topological polar surface area (TPSA) is 41.1 Å². The predicted molar refractivity (Wildman–Crippen MR) is 85.8 cm³/mol. The lowest BCUT2D eigenvalue weighted by Gasteiger charge is -2.15. The Morgan fingerprint density at radius 2 is 2.00 bits per heavy atom. The van der Waals surface area contributed by atoms with E-state index in [1.165, 1.54) is 11.3 Å². The zero-order valence-electron chi connectivity index (χ0n) is 11.7. The second-order valence-electron chi connectivity index (χ2n) is 4.71. The van der Waals surface area contributed by atoms with Crippen LogP contribution in [0.25, 0.3) is 0 Å². The van der Waals surface area contributed by atoms with E-state index in [1.54, 1.807) is 0 Å². The smallest absolute Gasteiger partial charge is 0.319 e. The van der Waals surface area contributed by atoms with Crippen molar-refractivity contribution in [3.63, 3.8) is 0 Å². The Balaban J connectivity index is 2.00. The van der Waals surface area contributed by atoms with E-state index in [2.05, 4.69) is 10.6 Å². The highest BCUT2D eigenvalue weighted by Gasteiger charge is 2.12. The molecule has 0 saturated carbocycles. The number of hydrogen-bond acceptors (Lipinski definition) is 2. The van der Waals surface area contributed by atoms with E-state index in [0.29, 0.717) is 0 Å². The van der Waals surface area contributed by atoms with E-state index >= 15 is 0 Å². The lowest BCUT2D eigenvalue weighted by Crippen LogP contribution is -2.31. The monoisotopic (exact) mass is 308 g/mol. The van der Waals surface area contributed by atoms with Gasteiger partial charge in [-0.1, -0.05) is 23.7 Å². The number of nitrogens with one attached hydrogen (secondary N) is 2. The minimum atomic E-state index is -0.212. The van der Waals surface area contributed by atoms with Crippen molar-refractivity contribution in [1.29, 1.82) is 0 Å². The van der Waals surface area contributed by atoms with Crippen molar-refractivity contribution in [1.82, 2.24) is 5.32 Å². The van der Waals surface area contributed by atoms with Crippen LogP contribution in [0, 0.1) is 13.8 Å². The van der Waals surface area contributed by atoms with Gasteiger partial charge in [0, 0.05) is 10.6 Å². The standard InChI is InChI=1S/C15H17ClN2OS/c1-9-5-4-6-12(10(9)2)18-15(19)17-11(3)13-7-8-14(16)20-13/h4-8,11H,1-3H3,(H2,17,18,19). The van der Waals surface area contributed by atoms with E-state index < -0.39 is 0 Å². The molecular weight excluding hydrogens is 292 g/mol. The molecule has 1 aromatic carbocycles. The molecule has 5 heteroatoms. The van der Waals surface area contributed by atoms with E-state index in [4.69, 9.17) is 11.6 Å². The number of aryl methyl sites for hydroxylation is 1. The highest BCUT2D eigenvalue weighted by molar-refractivity contribution is 7.16. The molecule has 1 unspecified atom stereocenters. The summed E-state index contributed by atoms with van der Waals surface area (Å²) in [5, 5.41) is 5.79. The van der Waals surface area contributed by atoms with Gasteiger partial charge in [0.15, 0.2) is 0 Å². The Hall–Kier alpha value is -1.52. The largest absolute Gasteiger partial charge is 0.331 e. The average Bonchev–Trinajstić information content (AvgIpc) is 2.82. The lowest BCUT2D eigenvalue weighted by molar-refractivity contribution is 0.249. The van der Waals surface area contributed by atoms with Crippen LogP contribution >= 0.6 is 22.9 Å². The third-order valence-electron chi connectivity index (χ3n) is 3.22. The zero-order chi connectivity index (χ0) is 14.7. The second-order valence-corrected chi connectivity index (χ2v) is 6.46. The first-order chi connectivity index (χ1) is 9.47. The molecule has 20 heavy (non-hydrogen) atoms. The number of rotatable bonds is 3. The first kappa shape index (κ1) is 14.9. The minimum absolute atomic E-state index is 0.0717. The van der Waals surface area contributed by atoms with Crippen LogP contribution in [0.1, 0.15) is 29.0 Å². The first-order valence-electron chi connectivity index (χ1n) is 6.36. The van der Waals surface area contributed by atoms with Crippen LogP contribution in [0.3, 0.4) is 0 Å². The van der Waals surface area contributed by atoms with Crippen LogP contribution in [0.5, 0.6) is 0 Å². The van der Waals surface area contributed by atoms with Gasteiger partial charge in [0.05, 0.1) is 10.4 Å². The summed E-state index contributed by atoms with van der Waals surface area (Å²) in [5.74, 6) is 0. The molecule has 1 atom stereocenters. The van der Waals surface area contributed by atoms with Crippen molar-refractivity contribution in [2.24, 2.45) is 0 Å². The molecule has 3 nitrogen and oxygen atoms in total. The maximum absolute atomic E-state index is 12.0. The molecule has 2 aromatic rings. The van der Waals surface area contributed by atoms with Crippen molar-refractivity contribution >= 4 is 34.7 Å². The highest BCUT2D eigenvalue weighted by atomic mass is 35.5. The Labute approximate surface area is 128 Å². The molecule has 0 aliphatic carbocycles. The van der Waals surface area contributed by atoms with Gasteiger partial charge in [-0.2, -0.15) is 0 Å². The third kappa shape index (κ3) is 3.52. The number of thiophene rings is 1. The van der Waals surface area contributed by atoms with Crippen LogP contribution in [0.15, 0.2) is 30.3 Å². The van der Waals surface area contributed by atoms with Crippen molar-refractivity contribution in [3.05, 3.63) is 50.7 Å². The number of halogens is 1. The van der Waals surface area contributed by atoms with Gasteiger partial charge in [0.1, 0.15) is 0 Å². The fourth-order valence-electron chi connectivity index (χ4n) is 1.87. The van der Waals surface area contributed by atoms with Crippen LogP contribution < -0.4 is 10.6 Å². The molecule has 0 radical (unpaired) electrons. The Bertz CT molecular complexity index is 624. The second kappa shape index (κ2) is 6.29. The summed E-state index contributed by atoms with van der Waals surface area (Å²) < 4.78 is 0.726. The van der Waals surface area contributed by atoms with Crippen LogP contribution in [0.4, 0.5) is 10.5 Å². The normalized spacial score (nSPS) is 12.0. The summed E-state index contributed by atoms with van der Waals surface area (Å²) in [7, 11) is 0. The fraction of sp³-hybridized carbons (Fsp3) is 0.267. The Morgan fingerprint density at radius 3 is 2.65 bits per heavy atom. The van der Waals surface area contributed by atoms with Gasteiger partial charge in [-0.05, 0) is 50.1 Å². The number of hydrogen-bond donors (Lipinski definition) is 2. The molecule has 0 aliphatic heterocycles. The number of amides is 2. The van der Waals surface area contributed by atoms with Gasteiger partial charge in [0.25, 0.3) is 0 Å². The molecule has 2 N–H and O–H groups in total. The Kier molecular flexibility index (Phi) is 4.68. The fourth-order valence-corrected chi connectivity index (χ4v) is 2.94. The third-order valence-corrected chi connectivity index (χ3v) is 4.64. The molecule has 0 bridgehead atoms. The van der Waals surface area contributed by atoms with Crippen LogP contribution in [-0.2, 0) is 0 Å². The first-order valence-corrected chi connectivity index (χ1v) is 7.56. The van der Waals surface area contributed by atoms with E-state index in [1.807, 2.05) is 51.1 Å². The maximum atomic E-state index is 12.0. The van der Waals surface area contributed by atoms with Gasteiger partial charge >= 0.3 is 6.03 Å². The summed E-state index contributed by atoms with van der Waals surface area (Å²) in [4.78, 5) is 13.0. The van der Waals surface area contributed by atoms with Gasteiger partial charge < -0.3 is 10.6 Å². The summed E-state index contributed by atoms with van der Waals surface area (Å²) in [6.45, 7) is 5.95. The summed E-state index contributed by atoms with van der Waals surface area (Å²) in [5.41, 5.74) is 3.06. The van der Waals surface area contributed by atoms with Gasteiger partial charge in [-0.25, -0.2) is 4.79 Å². The number of carbonyl (C=O) groups is 1. The van der Waals surface area contributed by atoms with Gasteiger partial charge in [-0.15, -0.1) is 11.3 Å². The predicted octanol–water partition coefficient (Wildman–Crippen LogP) is 4.90. The molecule has 1 aromatic heterocycles. The highest BCUT2D eigenvalue weighted by Crippen LogP contribution is 2.26. The average molecular weight is 309 g/mol. The summed E-state index contributed by atoms with van der Waals surface area (Å²) in [6.07, 6.45) is 0. The van der Waals surface area contributed by atoms with Crippen molar-refractivity contribution < 1.29 is 4.79 Å². The maximum Gasteiger partial charge on any atom is 0.319 e. The van der Waals surface area contributed by atoms with E-state index in [0.717, 1.165) is 26.0 Å². The van der Waals surface area contributed by atoms with Gasteiger partial charge in [0.2, 0.25) is 0 Å². The molecule has 0 saturated heterocycles. The number of carbonyl (C=O) groups excluding carboxylic acids is 1. The Morgan fingerprint density at radius 1 is 1.25 bits per heavy atom. The molecule has 0 aliphatic rings. The number of anilines is 1. The zero-order valence-corrected chi connectivity index (χ0v) is 13.2. The molecule has 1 heterocycles. The SMILES string of the molecule is Cc1cccc(NC(=O)NC(C)c2ccc(Cl)s2)c1C. The minimum Gasteiger partial charge on any atom is -0.331 e. The van der Waals surface area contributed by atoms with Crippen molar-refractivity contribution in [2.75, 3.05) is 5.32 Å². The molecule has 0 fully saturated rings. The van der Waals surface area contributed by atoms with E-state index in [-0.39, 0.29) is 12.1 Å². The number of benzene rings is 1.